The SMILES string of the molecule is CN1CCc2c(NC(=O)NC3(C)CCOC3)cccc21. The maximum Gasteiger partial charge on any atom is 0.319 e. The molecular weight excluding hydrogens is 254 g/mol. The van der Waals surface area contributed by atoms with Crippen molar-refractivity contribution in [1.82, 2.24) is 5.32 Å². The van der Waals surface area contributed by atoms with Gasteiger partial charge in [-0.05, 0) is 31.9 Å². The highest BCUT2D eigenvalue weighted by molar-refractivity contribution is 5.92. The van der Waals surface area contributed by atoms with Crippen LogP contribution >= 0.6 is 0 Å². The molecule has 0 aliphatic carbocycles. The molecule has 0 spiro atoms. The molecule has 1 fully saturated rings. The maximum absolute atomic E-state index is 12.2. The fourth-order valence-corrected chi connectivity index (χ4v) is 2.91. The maximum atomic E-state index is 12.2. The van der Waals surface area contributed by atoms with Crippen LogP contribution in [-0.2, 0) is 11.2 Å². The molecule has 2 aliphatic heterocycles. The van der Waals surface area contributed by atoms with Gasteiger partial charge in [-0.2, -0.15) is 0 Å². The predicted molar refractivity (Wildman–Crippen MR) is 79.4 cm³/mol. The minimum absolute atomic E-state index is 0.152. The second-order valence-electron chi connectivity index (χ2n) is 5.92. The summed E-state index contributed by atoms with van der Waals surface area (Å²) in [5.74, 6) is 0. The number of urea groups is 1. The third-order valence-electron chi connectivity index (χ3n) is 4.14. The van der Waals surface area contributed by atoms with Gasteiger partial charge in [0.2, 0.25) is 0 Å². The number of rotatable bonds is 2. The number of ether oxygens (including phenoxy) is 1. The Morgan fingerprint density at radius 2 is 2.30 bits per heavy atom. The van der Waals surface area contributed by atoms with Gasteiger partial charge in [0.15, 0.2) is 0 Å². The Labute approximate surface area is 119 Å². The van der Waals surface area contributed by atoms with E-state index in [-0.39, 0.29) is 11.6 Å². The summed E-state index contributed by atoms with van der Waals surface area (Å²) >= 11 is 0. The van der Waals surface area contributed by atoms with Crippen molar-refractivity contribution in [1.29, 1.82) is 0 Å². The van der Waals surface area contributed by atoms with Crippen LogP contribution < -0.4 is 15.5 Å². The molecule has 108 valence electrons. The number of fused-ring (bicyclic) bond motifs is 1. The van der Waals surface area contributed by atoms with Crippen LogP contribution in [0.4, 0.5) is 16.2 Å². The van der Waals surface area contributed by atoms with Gasteiger partial charge in [0.1, 0.15) is 0 Å². The number of carbonyl (C=O) groups is 1. The van der Waals surface area contributed by atoms with Gasteiger partial charge in [0, 0.05) is 37.1 Å². The van der Waals surface area contributed by atoms with E-state index in [1.807, 2.05) is 19.1 Å². The number of anilines is 2. The predicted octanol–water partition coefficient (Wildman–Crippen LogP) is 1.98. The number of benzene rings is 1. The first kappa shape index (κ1) is 13.2. The van der Waals surface area contributed by atoms with Gasteiger partial charge in [-0.3, -0.25) is 0 Å². The molecule has 5 nitrogen and oxygen atoms in total. The molecule has 0 bridgehead atoms. The Morgan fingerprint density at radius 3 is 3.05 bits per heavy atom. The van der Waals surface area contributed by atoms with Gasteiger partial charge in [-0.1, -0.05) is 6.07 Å². The standard InChI is InChI=1S/C15H21N3O2/c1-15(7-9-20-10-15)17-14(19)16-12-4-3-5-13-11(12)6-8-18(13)2/h3-5H,6-10H2,1-2H3,(H2,16,17,19). The van der Waals surface area contributed by atoms with E-state index in [0.717, 1.165) is 25.1 Å². The minimum atomic E-state index is -0.251. The van der Waals surface area contributed by atoms with E-state index in [9.17, 15) is 4.79 Å². The Bertz CT molecular complexity index is 524. The average Bonchev–Trinajstić information content (AvgIpc) is 2.98. The zero-order valence-corrected chi connectivity index (χ0v) is 12.0. The van der Waals surface area contributed by atoms with Crippen molar-refractivity contribution in [2.24, 2.45) is 0 Å². The number of nitrogens with one attached hydrogen (secondary N) is 2. The van der Waals surface area contributed by atoms with Crippen molar-refractivity contribution < 1.29 is 9.53 Å². The molecular formula is C15H21N3O2. The summed E-state index contributed by atoms with van der Waals surface area (Å²) in [5.41, 5.74) is 3.08. The van der Waals surface area contributed by atoms with Crippen LogP contribution in [-0.4, -0.2) is 38.4 Å². The average molecular weight is 275 g/mol. The summed E-state index contributed by atoms with van der Waals surface area (Å²) in [7, 11) is 2.08. The molecule has 1 saturated heterocycles. The lowest BCUT2D eigenvalue weighted by Crippen LogP contribution is -2.48. The van der Waals surface area contributed by atoms with E-state index in [4.69, 9.17) is 4.74 Å². The van der Waals surface area contributed by atoms with E-state index < -0.39 is 0 Å². The molecule has 1 aromatic carbocycles. The van der Waals surface area contributed by atoms with Crippen LogP contribution in [0.5, 0.6) is 0 Å². The summed E-state index contributed by atoms with van der Waals surface area (Å²) in [5, 5.41) is 6.00. The second kappa shape index (κ2) is 4.98. The largest absolute Gasteiger partial charge is 0.379 e. The van der Waals surface area contributed by atoms with Gasteiger partial charge >= 0.3 is 6.03 Å². The Balaban J connectivity index is 1.71. The van der Waals surface area contributed by atoms with Gasteiger partial charge in [0.05, 0.1) is 12.1 Å². The van der Waals surface area contributed by atoms with Gasteiger partial charge in [-0.25, -0.2) is 4.79 Å². The first-order chi connectivity index (χ1) is 9.57. The zero-order valence-electron chi connectivity index (χ0n) is 12.0. The van der Waals surface area contributed by atoms with Crippen molar-refractivity contribution in [2.45, 2.75) is 25.3 Å². The molecule has 2 amide bonds. The topological polar surface area (TPSA) is 53.6 Å². The molecule has 1 unspecified atom stereocenters. The first-order valence-electron chi connectivity index (χ1n) is 7.07. The van der Waals surface area contributed by atoms with Crippen LogP contribution in [0.1, 0.15) is 18.9 Å². The first-order valence-corrected chi connectivity index (χ1v) is 7.07. The van der Waals surface area contributed by atoms with E-state index in [1.165, 1.54) is 11.3 Å². The van der Waals surface area contributed by atoms with Gasteiger partial charge in [0.25, 0.3) is 0 Å². The van der Waals surface area contributed by atoms with Crippen LogP contribution in [0.25, 0.3) is 0 Å². The van der Waals surface area contributed by atoms with Crippen LogP contribution in [0.15, 0.2) is 18.2 Å². The normalized spacial score (nSPS) is 24.6. The molecule has 0 radical (unpaired) electrons. The molecule has 0 aromatic heterocycles. The smallest absolute Gasteiger partial charge is 0.319 e. The number of nitrogens with zero attached hydrogens (tertiary/aromatic N) is 1. The second-order valence-corrected chi connectivity index (χ2v) is 5.92. The van der Waals surface area contributed by atoms with Gasteiger partial charge < -0.3 is 20.3 Å². The van der Waals surface area contributed by atoms with E-state index in [2.05, 4.69) is 28.6 Å². The van der Waals surface area contributed by atoms with Crippen LogP contribution in [0.3, 0.4) is 0 Å². The zero-order chi connectivity index (χ0) is 14.2. The molecule has 0 saturated carbocycles. The van der Waals surface area contributed by atoms with Crippen LogP contribution in [0, 0.1) is 0 Å². The molecule has 20 heavy (non-hydrogen) atoms. The van der Waals surface area contributed by atoms with Crippen molar-refractivity contribution in [3.8, 4) is 0 Å². The molecule has 3 rings (SSSR count). The quantitative estimate of drug-likeness (QED) is 0.867. The van der Waals surface area contributed by atoms with Crippen molar-refractivity contribution in [3.05, 3.63) is 23.8 Å². The number of amides is 2. The van der Waals surface area contributed by atoms with Crippen LogP contribution in [0.2, 0.25) is 0 Å². The molecule has 1 aromatic rings. The lowest BCUT2D eigenvalue weighted by molar-refractivity contribution is 0.172. The molecule has 2 aliphatic rings. The lowest BCUT2D eigenvalue weighted by atomic mass is 10.0. The summed E-state index contributed by atoms with van der Waals surface area (Å²) < 4.78 is 5.35. The van der Waals surface area contributed by atoms with Gasteiger partial charge in [-0.15, -0.1) is 0 Å². The highest BCUT2D eigenvalue weighted by atomic mass is 16.5. The Hall–Kier alpha value is -1.75. The summed E-state index contributed by atoms with van der Waals surface area (Å²) in [4.78, 5) is 14.4. The number of likely N-dealkylation sites (N-methyl/N-ethyl adjacent to an activating group) is 1. The van der Waals surface area contributed by atoms with E-state index in [0.29, 0.717) is 13.2 Å². The van der Waals surface area contributed by atoms with E-state index >= 15 is 0 Å². The summed E-state index contributed by atoms with van der Waals surface area (Å²) in [6.07, 6.45) is 1.83. The third-order valence-corrected chi connectivity index (χ3v) is 4.14. The monoisotopic (exact) mass is 275 g/mol. The van der Waals surface area contributed by atoms with Crippen molar-refractivity contribution >= 4 is 17.4 Å². The third kappa shape index (κ3) is 2.45. The number of hydrogen-bond donors (Lipinski definition) is 2. The molecule has 2 heterocycles. The fourth-order valence-electron chi connectivity index (χ4n) is 2.91. The highest BCUT2D eigenvalue weighted by Crippen LogP contribution is 2.32. The molecule has 2 N–H and O–H groups in total. The summed E-state index contributed by atoms with van der Waals surface area (Å²) in [6.45, 7) is 4.31. The lowest BCUT2D eigenvalue weighted by Gasteiger charge is -2.24. The Morgan fingerprint density at radius 1 is 1.45 bits per heavy atom. The Kier molecular flexibility index (Phi) is 3.30. The molecule has 1 atom stereocenters. The minimum Gasteiger partial charge on any atom is -0.379 e. The highest BCUT2D eigenvalue weighted by Gasteiger charge is 2.31. The fraction of sp³-hybridized carbons (Fsp3) is 0.533. The van der Waals surface area contributed by atoms with Crippen molar-refractivity contribution in [2.75, 3.05) is 37.0 Å². The number of carbonyl (C=O) groups excluding carboxylic acids is 1. The molecule has 5 heteroatoms. The number of hydrogen-bond acceptors (Lipinski definition) is 3. The summed E-state index contributed by atoms with van der Waals surface area (Å²) in [6, 6.07) is 5.89. The van der Waals surface area contributed by atoms with E-state index in [1.54, 1.807) is 0 Å². The van der Waals surface area contributed by atoms with Crippen molar-refractivity contribution in [3.63, 3.8) is 0 Å².